The third kappa shape index (κ3) is 4.46. The zero-order valence-corrected chi connectivity index (χ0v) is 11.7. The molecule has 2 unspecified atom stereocenters. The Morgan fingerprint density at radius 1 is 1.33 bits per heavy atom. The van der Waals surface area contributed by atoms with Crippen LogP contribution in [0, 0.1) is 0 Å². The molecule has 1 aliphatic carbocycles. The van der Waals surface area contributed by atoms with Crippen LogP contribution in [0.25, 0.3) is 0 Å². The van der Waals surface area contributed by atoms with E-state index in [1.54, 1.807) is 0 Å². The van der Waals surface area contributed by atoms with E-state index >= 15 is 0 Å². The van der Waals surface area contributed by atoms with Gasteiger partial charge < -0.3 is 20.9 Å². The lowest BCUT2D eigenvalue weighted by Gasteiger charge is -2.27. The zero-order chi connectivity index (χ0) is 15.2. The summed E-state index contributed by atoms with van der Waals surface area (Å²) in [6.45, 7) is 0. The molecule has 1 saturated carbocycles. The van der Waals surface area contributed by atoms with Crippen molar-refractivity contribution in [2.24, 2.45) is 5.73 Å². The molecule has 0 aliphatic heterocycles. The highest BCUT2D eigenvalue weighted by Crippen LogP contribution is 2.22. The van der Waals surface area contributed by atoms with Crippen molar-refractivity contribution in [3.05, 3.63) is 35.9 Å². The number of alkyl carbamates (subject to hydrolysis) is 1. The molecule has 2 atom stereocenters. The molecule has 0 heterocycles. The fraction of sp³-hybridized carbons (Fsp3) is 0.467. The molecule has 114 valence electrons. The van der Waals surface area contributed by atoms with Crippen molar-refractivity contribution in [1.29, 1.82) is 0 Å². The maximum Gasteiger partial charge on any atom is 0.407 e. The van der Waals surface area contributed by atoms with E-state index in [1.165, 1.54) is 0 Å². The molecule has 21 heavy (non-hydrogen) atoms. The summed E-state index contributed by atoms with van der Waals surface area (Å²) in [5.74, 6) is -0.875. The van der Waals surface area contributed by atoms with Gasteiger partial charge in [-0.15, -0.1) is 0 Å². The number of hydrogen-bond donors (Lipinski definition) is 3. The van der Waals surface area contributed by atoms with Crippen molar-refractivity contribution in [3.8, 4) is 0 Å². The highest BCUT2D eigenvalue weighted by atomic mass is 16.6. The minimum Gasteiger partial charge on any atom is -0.446 e. The van der Waals surface area contributed by atoms with Gasteiger partial charge in [-0.05, 0) is 31.2 Å². The van der Waals surface area contributed by atoms with Gasteiger partial charge >= 0.3 is 6.09 Å². The Kier molecular flexibility index (Phi) is 5.16. The Hall–Kier alpha value is -2.08. The van der Waals surface area contributed by atoms with Crippen molar-refractivity contribution < 1.29 is 19.4 Å². The van der Waals surface area contributed by atoms with Crippen LogP contribution in [0.3, 0.4) is 0 Å². The summed E-state index contributed by atoms with van der Waals surface area (Å²) in [6, 6.07) is 8.43. The van der Waals surface area contributed by atoms with Crippen LogP contribution in [0.15, 0.2) is 30.3 Å². The molecule has 4 N–H and O–H groups in total. The van der Waals surface area contributed by atoms with Crippen LogP contribution < -0.4 is 11.1 Å². The maximum absolute atomic E-state index is 11.8. The summed E-state index contributed by atoms with van der Waals surface area (Å²) in [5, 5.41) is 12.4. The second kappa shape index (κ2) is 7.08. The number of amides is 2. The number of benzene rings is 1. The molecule has 0 saturated heterocycles. The monoisotopic (exact) mass is 292 g/mol. The predicted octanol–water partition coefficient (Wildman–Crippen LogP) is 0.723. The van der Waals surface area contributed by atoms with Crippen molar-refractivity contribution in [1.82, 2.24) is 5.32 Å². The van der Waals surface area contributed by atoms with Crippen LogP contribution in [0.4, 0.5) is 4.79 Å². The number of aliphatic hydroxyl groups excluding tert-OH is 1. The lowest BCUT2D eigenvalue weighted by Crippen LogP contribution is -2.51. The Bertz CT molecular complexity index is 488. The van der Waals surface area contributed by atoms with E-state index in [9.17, 15) is 14.7 Å². The topological polar surface area (TPSA) is 102 Å². The van der Waals surface area contributed by atoms with Crippen LogP contribution in [0.1, 0.15) is 24.8 Å². The zero-order valence-electron chi connectivity index (χ0n) is 11.7. The van der Waals surface area contributed by atoms with Gasteiger partial charge in [0.15, 0.2) is 6.10 Å². The fourth-order valence-electron chi connectivity index (χ4n) is 2.13. The Morgan fingerprint density at radius 2 is 2.00 bits per heavy atom. The van der Waals surface area contributed by atoms with E-state index in [0.29, 0.717) is 6.42 Å². The van der Waals surface area contributed by atoms with Gasteiger partial charge in [0.25, 0.3) is 0 Å². The van der Waals surface area contributed by atoms with Crippen molar-refractivity contribution in [2.45, 2.75) is 43.9 Å². The molecule has 2 rings (SSSR count). The maximum atomic E-state index is 11.8. The highest BCUT2D eigenvalue weighted by Gasteiger charge is 2.28. The molecular weight excluding hydrogens is 272 g/mol. The molecule has 0 bridgehead atoms. The highest BCUT2D eigenvalue weighted by molar-refractivity contribution is 5.80. The average Bonchev–Trinajstić information content (AvgIpc) is 2.42. The van der Waals surface area contributed by atoms with Gasteiger partial charge in [-0.25, -0.2) is 4.79 Å². The fourth-order valence-corrected chi connectivity index (χ4v) is 2.13. The molecule has 1 aliphatic rings. The molecule has 6 heteroatoms. The van der Waals surface area contributed by atoms with E-state index < -0.39 is 24.1 Å². The molecule has 6 nitrogen and oxygen atoms in total. The number of rotatable bonds is 6. The minimum absolute atomic E-state index is 0.0619. The summed E-state index contributed by atoms with van der Waals surface area (Å²) in [7, 11) is 0. The van der Waals surface area contributed by atoms with Crippen molar-refractivity contribution in [2.75, 3.05) is 0 Å². The van der Waals surface area contributed by atoms with E-state index in [1.807, 2.05) is 30.3 Å². The largest absolute Gasteiger partial charge is 0.446 e. The number of nitrogens with one attached hydrogen (secondary N) is 1. The summed E-state index contributed by atoms with van der Waals surface area (Å²) >= 11 is 0. The lowest BCUT2D eigenvalue weighted by molar-refractivity contribution is -0.127. The first-order chi connectivity index (χ1) is 10.1. The van der Waals surface area contributed by atoms with Gasteiger partial charge in [0.05, 0.1) is 6.04 Å². The molecular formula is C15H20N2O4. The number of nitrogens with two attached hydrogens (primary N) is 1. The normalized spacial score (nSPS) is 17.4. The van der Waals surface area contributed by atoms with Crippen LogP contribution in [-0.2, 0) is 16.0 Å². The van der Waals surface area contributed by atoms with Crippen LogP contribution in [0.2, 0.25) is 0 Å². The predicted molar refractivity (Wildman–Crippen MR) is 76.4 cm³/mol. The van der Waals surface area contributed by atoms with Gasteiger partial charge in [-0.2, -0.15) is 0 Å². The first-order valence-corrected chi connectivity index (χ1v) is 7.04. The van der Waals surface area contributed by atoms with Crippen LogP contribution in [0.5, 0.6) is 0 Å². The number of hydrogen-bond acceptors (Lipinski definition) is 4. The van der Waals surface area contributed by atoms with Gasteiger partial charge in [-0.1, -0.05) is 30.3 Å². The van der Waals surface area contributed by atoms with E-state index in [-0.39, 0.29) is 6.10 Å². The lowest BCUT2D eigenvalue weighted by atomic mass is 9.96. The Balaban J connectivity index is 1.97. The number of aliphatic hydroxyl groups is 1. The summed E-state index contributed by atoms with van der Waals surface area (Å²) < 4.78 is 5.17. The van der Waals surface area contributed by atoms with E-state index in [0.717, 1.165) is 24.8 Å². The third-order valence-corrected chi connectivity index (χ3v) is 3.60. The molecule has 0 spiro atoms. The van der Waals surface area contributed by atoms with E-state index in [2.05, 4.69) is 5.32 Å². The summed E-state index contributed by atoms with van der Waals surface area (Å²) in [4.78, 5) is 23.0. The Labute approximate surface area is 123 Å². The first kappa shape index (κ1) is 15.3. The second-order valence-electron chi connectivity index (χ2n) is 5.25. The quantitative estimate of drug-likeness (QED) is 0.719. The van der Waals surface area contributed by atoms with Gasteiger partial charge in [0.1, 0.15) is 6.10 Å². The van der Waals surface area contributed by atoms with E-state index in [4.69, 9.17) is 10.5 Å². The van der Waals surface area contributed by atoms with Crippen LogP contribution in [-0.4, -0.2) is 35.4 Å². The molecule has 2 amide bonds. The van der Waals surface area contributed by atoms with Gasteiger partial charge in [0, 0.05) is 0 Å². The Morgan fingerprint density at radius 3 is 2.52 bits per heavy atom. The standard InChI is InChI=1S/C15H20N2O4/c16-14(19)13(18)12(9-10-5-2-1-3-6-10)17-15(20)21-11-7-4-8-11/h1-3,5-6,11-13,18H,4,7-9H2,(H2,16,19)(H,17,20). The van der Waals surface area contributed by atoms with Gasteiger partial charge in [-0.3, -0.25) is 4.79 Å². The molecule has 1 fully saturated rings. The summed E-state index contributed by atoms with van der Waals surface area (Å²) in [6.07, 6.45) is 0.915. The molecule has 1 aromatic carbocycles. The third-order valence-electron chi connectivity index (χ3n) is 3.60. The number of primary amides is 1. The smallest absolute Gasteiger partial charge is 0.407 e. The first-order valence-electron chi connectivity index (χ1n) is 7.04. The van der Waals surface area contributed by atoms with Crippen LogP contribution >= 0.6 is 0 Å². The molecule has 0 radical (unpaired) electrons. The molecule has 0 aromatic heterocycles. The minimum atomic E-state index is -1.46. The number of carbonyl (C=O) groups is 2. The average molecular weight is 292 g/mol. The second-order valence-corrected chi connectivity index (χ2v) is 5.25. The van der Waals surface area contributed by atoms with Crippen molar-refractivity contribution >= 4 is 12.0 Å². The molecule has 1 aromatic rings. The number of ether oxygens (including phenoxy) is 1. The van der Waals surface area contributed by atoms with Crippen molar-refractivity contribution in [3.63, 3.8) is 0 Å². The summed E-state index contributed by atoms with van der Waals surface area (Å²) in [5.41, 5.74) is 6.01. The number of carbonyl (C=O) groups excluding carboxylic acids is 2. The van der Waals surface area contributed by atoms with Gasteiger partial charge in [0.2, 0.25) is 5.91 Å². The SMILES string of the molecule is NC(=O)C(O)C(Cc1ccccc1)NC(=O)OC1CCC1.